The van der Waals surface area contributed by atoms with Crippen LogP contribution in [0.4, 0.5) is 13.6 Å². The Kier molecular flexibility index (Phi) is 9.77. The lowest BCUT2D eigenvalue weighted by atomic mass is 9.90. The first-order valence-corrected chi connectivity index (χ1v) is 19.8. The van der Waals surface area contributed by atoms with Crippen molar-refractivity contribution < 1.29 is 41.1 Å². The molecule has 13 heteroatoms. The van der Waals surface area contributed by atoms with Crippen LogP contribution in [0.25, 0.3) is 0 Å². The Morgan fingerprint density at radius 3 is 2.58 bits per heavy atom. The predicted octanol–water partition coefficient (Wildman–Crippen LogP) is 5.73. The van der Waals surface area contributed by atoms with Crippen molar-refractivity contribution in [1.29, 1.82) is 0 Å². The lowest BCUT2D eigenvalue weighted by Gasteiger charge is -2.29. The van der Waals surface area contributed by atoms with Gasteiger partial charge in [-0.1, -0.05) is 49.3 Å². The molecule has 3 amide bonds. The summed E-state index contributed by atoms with van der Waals surface area (Å²) in [7, 11) is -3.96. The Balaban J connectivity index is 1.15. The molecular weight excluding hydrogens is 693 g/mol. The first kappa shape index (κ1) is 36.2. The van der Waals surface area contributed by atoms with E-state index < -0.39 is 67.7 Å². The molecule has 0 radical (unpaired) electrons. The van der Waals surface area contributed by atoms with Crippen LogP contribution in [-0.2, 0) is 48.7 Å². The predicted molar refractivity (Wildman–Crippen MR) is 187 cm³/mol. The van der Waals surface area contributed by atoms with Crippen molar-refractivity contribution >= 4 is 33.7 Å². The Morgan fingerprint density at radius 1 is 1.04 bits per heavy atom. The molecule has 2 saturated carbocycles. The van der Waals surface area contributed by atoms with Crippen molar-refractivity contribution in [2.75, 3.05) is 6.54 Å². The van der Waals surface area contributed by atoms with Gasteiger partial charge >= 0.3 is 6.09 Å². The van der Waals surface area contributed by atoms with E-state index in [2.05, 4.69) is 4.72 Å². The first-order chi connectivity index (χ1) is 24.8. The van der Waals surface area contributed by atoms with Crippen molar-refractivity contribution in [2.45, 2.75) is 108 Å². The number of nitrogens with one attached hydrogen (secondary N) is 1. The Morgan fingerprint density at radius 2 is 1.83 bits per heavy atom. The highest BCUT2D eigenvalue weighted by molar-refractivity contribution is 7.91. The molecule has 5 aliphatic rings. The van der Waals surface area contributed by atoms with Crippen LogP contribution in [0.3, 0.4) is 0 Å². The zero-order chi connectivity index (χ0) is 36.8. The van der Waals surface area contributed by atoms with E-state index in [9.17, 15) is 36.4 Å². The zero-order valence-electron chi connectivity index (χ0n) is 29.3. The Labute approximate surface area is 303 Å². The van der Waals surface area contributed by atoms with Crippen molar-refractivity contribution in [3.05, 3.63) is 82.9 Å². The second-order valence-electron chi connectivity index (χ2n) is 15.6. The van der Waals surface area contributed by atoms with Crippen LogP contribution in [0, 0.1) is 28.9 Å². The molecule has 52 heavy (non-hydrogen) atoms. The van der Waals surface area contributed by atoms with Crippen LogP contribution in [0.15, 0.2) is 54.6 Å². The molecule has 0 unspecified atom stereocenters. The first-order valence-electron chi connectivity index (χ1n) is 18.3. The Bertz CT molecular complexity index is 1910. The summed E-state index contributed by atoms with van der Waals surface area (Å²) >= 11 is 0. The molecule has 7 rings (SSSR count). The molecule has 0 bridgehead atoms. The van der Waals surface area contributed by atoms with Crippen LogP contribution < -0.4 is 4.72 Å². The highest BCUT2D eigenvalue weighted by Gasteiger charge is 2.62. The lowest BCUT2D eigenvalue weighted by Crippen LogP contribution is -2.47. The monoisotopic (exact) mass is 737 g/mol. The summed E-state index contributed by atoms with van der Waals surface area (Å²) in [6.07, 6.45) is 7.10. The summed E-state index contributed by atoms with van der Waals surface area (Å²) < 4.78 is 62.0. The second-order valence-corrected chi connectivity index (χ2v) is 17.8. The van der Waals surface area contributed by atoms with Crippen molar-refractivity contribution in [2.24, 2.45) is 17.3 Å². The summed E-state index contributed by atoms with van der Waals surface area (Å²) in [4.78, 5) is 58.9. The lowest BCUT2D eigenvalue weighted by molar-refractivity contribution is -0.142. The Hall–Kier alpha value is -4.13. The fourth-order valence-electron chi connectivity index (χ4n) is 8.10. The van der Waals surface area contributed by atoms with Gasteiger partial charge in [0.2, 0.25) is 21.8 Å². The molecule has 3 aliphatic heterocycles. The van der Waals surface area contributed by atoms with Crippen LogP contribution in [-0.4, -0.2) is 65.3 Å². The minimum Gasteiger partial charge on any atom is -0.444 e. The summed E-state index contributed by atoms with van der Waals surface area (Å²) in [6.45, 7) is 1.72. The number of hydrogen-bond acceptors (Lipinski definition) is 7. The molecule has 3 heterocycles. The molecular formula is C39H45F2N3O7S. The van der Waals surface area contributed by atoms with Gasteiger partial charge in [-0.3, -0.25) is 24.0 Å². The van der Waals surface area contributed by atoms with Crippen LogP contribution in [0.2, 0.25) is 0 Å². The molecule has 1 N–H and O–H groups in total. The number of hydrogen-bond donors (Lipinski definition) is 1. The van der Waals surface area contributed by atoms with Crippen LogP contribution in [0.1, 0.15) is 87.8 Å². The van der Waals surface area contributed by atoms with Gasteiger partial charge < -0.3 is 9.64 Å². The van der Waals surface area contributed by atoms with Crippen LogP contribution in [0.5, 0.6) is 0 Å². The van der Waals surface area contributed by atoms with Gasteiger partial charge in [0.05, 0.1) is 29.3 Å². The largest absolute Gasteiger partial charge is 0.444 e. The molecule has 0 spiro atoms. The number of carbonyl (C=O) groups excluding carboxylic acids is 4. The molecule has 2 aromatic carbocycles. The van der Waals surface area contributed by atoms with Crippen molar-refractivity contribution in [3.63, 3.8) is 0 Å². The summed E-state index contributed by atoms with van der Waals surface area (Å²) in [5.74, 6) is -3.20. The fourth-order valence-corrected chi connectivity index (χ4v) is 9.43. The smallest absolute Gasteiger partial charge is 0.410 e. The number of rotatable bonds is 6. The van der Waals surface area contributed by atoms with E-state index in [-0.39, 0.29) is 50.7 Å². The van der Waals surface area contributed by atoms with Crippen LogP contribution >= 0.6 is 0 Å². The number of benzene rings is 2. The van der Waals surface area contributed by atoms with Gasteiger partial charge in [-0.25, -0.2) is 22.0 Å². The molecule has 10 nitrogen and oxygen atoms in total. The van der Waals surface area contributed by atoms with Gasteiger partial charge in [-0.15, -0.1) is 0 Å². The number of amides is 3. The van der Waals surface area contributed by atoms with Crippen molar-refractivity contribution in [1.82, 2.24) is 14.5 Å². The maximum Gasteiger partial charge on any atom is 0.410 e. The maximum absolute atomic E-state index is 14.5. The van der Waals surface area contributed by atoms with E-state index in [1.54, 1.807) is 31.2 Å². The second kappa shape index (κ2) is 14.0. The van der Waals surface area contributed by atoms with E-state index in [1.165, 1.54) is 28.0 Å². The number of Topliss-reactive ketones (excluding diaryl/α,β-unsaturated/α-hetero) is 1. The third kappa shape index (κ3) is 7.25. The molecule has 1 saturated heterocycles. The third-order valence-corrected chi connectivity index (χ3v) is 13.9. The SMILES string of the molecule is CC1(S(=O)(=O)NC(=O)[C@]23CC(=O)[C@@H]4C[C@@H](OC(=O)N5Cc6cccc(F)c6C5)CN4C(=O)[C@@H](Cc4cccc(F)c4)CCCCC/C=C\[C@@H]2C3)CC1. The van der Waals surface area contributed by atoms with E-state index in [0.717, 1.165) is 25.7 Å². The average Bonchev–Trinajstić information content (AvgIpc) is 3.89. The number of sulfonamides is 1. The highest BCUT2D eigenvalue weighted by Crippen LogP contribution is 2.57. The molecule has 2 aromatic rings. The van der Waals surface area contributed by atoms with E-state index in [0.29, 0.717) is 42.4 Å². The molecule has 5 atom stereocenters. The van der Waals surface area contributed by atoms with Gasteiger partial charge in [-0.05, 0) is 87.1 Å². The number of nitrogens with zero attached hydrogens (tertiary/aromatic N) is 2. The zero-order valence-corrected chi connectivity index (χ0v) is 30.1. The maximum atomic E-state index is 14.5. The normalized spacial score (nSPS) is 29.2. The standard InChI is InChI=1S/C39H45F2N3O7S/c1-38(15-16-38)52(49,50)42-36(47)39-20-28(39)12-6-4-2-3-5-10-26(17-25-9-7-13-29(40)18-25)35(46)44-23-30(19-33(44)34(45)21-39)51-37(48)43-22-27-11-8-14-32(41)31(27)24-43/h6-9,11-14,18,26,28,30,33H,2-5,10,15-17,19-24H2,1H3,(H,42,47)/b12-6-/t26-,28-,30-,33+,39-/m1/s1. The number of ether oxygens (including phenoxy) is 1. The average molecular weight is 738 g/mol. The topological polar surface area (TPSA) is 130 Å². The molecule has 2 aliphatic carbocycles. The molecule has 3 fully saturated rings. The summed E-state index contributed by atoms with van der Waals surface area (Å²) in [6, 6.07) is 9.71. The minimum absolute atomic E-state index is 0.00722. The van der Waals surface area contributed by atoms with Gasteiger partial charge in [-0.2, -0.15) is 0 Å². The van der Waals surface area contributed by atoms with E-state index >= 15 is 0 Å². The highest BCUT2D eigenvalue weighted by atomic mass is 32.2. The number of ketones is 1. The van der Waals surface area contributed by atoms with Crippen molar-refractivity contribution in [3.8, 4) is 0 Å². The van der Waals surface area contributed by atoms with Gasteiger partial charge in [0.15, 0.2) is 5.78 Å². The van der Waals surface area contributed by atoms with E-state index in [1.807, 2.05) is 12.2 Å². The number of carbonyl (C=O) groups is 4. The molecule has 278 valence electrons. The van der Waals surface area contributed by atoms with Gasteiger partial charge in [0.25, 0.3) is 0 Å². The van der Waals surface area contributed by atoms with Gasteiger partial charge in [0.1, 0.15) is 17.7 Å². The summed E-state index contributed by atoms with van der Waals surface area (Å²) in [5.41, 5.74) is 0.448. The third-order valence-electron chi connectivity index (χ3n) is 11.8. The number of halogens is 2. The van der Waals surface area contributed by atoms with Gasteiger partial charge in [0, 0.05) is 30.9 Å². The minimum atomic E-state index is -3.96. The molecule has 0 aromatic heterocycles. The quantitative estimate of drug-likeness (QED) is 0.375. The fraction of sp³-hybridized carbons (Fsp3) is 0.538. The number of allylic oxidation sites excluding steroid dienone is 2. The summed E-state index contributed by atoms with van der Waals surface area (Å²) in [5, 5.41) is 0. The number of fused-ring (bicyclic) bond motifs is 3. The van der Waals surface area contributed by atoms with E-state index in [4.69, 9.17) is 4.74 Å².